The first kappa shape index (κ1) is 65.2. The number of rotatable bonds is 54. The molecule has 0 saturated carbocycles. The van der Waals surface area contributed by atoms with Gasteiger partial charge in [-0.25, -0.2) is 4.57 Å². The molecule has 1 amide bonds. The van der Waals surface area contributed by atoms with Gasteiger partial charge in [-0.05, 0) is 38.5 Å². The number of phosphoric acid groups is 1. The van der Waals surface area contributed by atoms with Gasteiger partial charge in [-0.2, -0.15) is 0 Å². The van der Waals surface area contributed by atoms with Crippen molar-refractivity contribution in [2.45, 2.75) is 309 Å². The van der Waals surface area contributed by atoms with Crippen LogP contribution in [0.4, 0.5) is 0 Å². The Hall–Kier alpha value is -0.760. The second-order valence-electron chi connectivity index (χ2n) is 21.4. The molecule has 0 rings (SSSR count). The van der Waals surface area contributed by atoms with Crippen LogP contribution in [0.15, 0.2) is 12.2 Å². The van der Waals surface area contributed by atoms with Crippen molar-refractivity contribution in [2.24, 2.45) is 0 Å². The lowest BCUT2D eigenvalue weighted by Gasteiger charge is -2.26. The Kier molecular flexibility index (Phi) is 48.7. The maximum Gasteiger partial charge on any atom is 0.472 e. The minimum atomic E-state index is -4.31. The molecule has 0 saturated heterocycles. The highest BCUT2D eigenvalue weighted by Gasteiger charge is 2.28. The Bertz CT molecular complexity index is 1080. The largest absolute Gasteiger partial charge is 0.472 e. The lowest BCUT2D eigenvalue weighted by Crippen LogP contribution is -2.46. The maximum absolute atomic E-state index is 13.0. The summed E-state index contributed by atoms with van der Waals surface area (Å²) in [5.41, 5.74) is 0. The van der Waals surface area contributed by atoms with Crippen LogP contribution in [0.1, 0.15) is 296 Å². The summed E-state index contributed by atoms with van der Waals surface area (Å²) in [5, 5.41) is 14.0. The van der Waals surface area contributed by atoms with Crippen LogP contribution < -0.4 is 5.32 Å². The van der Waals surface area contributed by atoms with Crippen LogP contribution in [-0.4, -0.2) is 73.4 Å². The number of carbonyl (C=O) groups is 1. The fraction of sp³-hybridized carbons (Fsp3) is 0.947. The molecule has 0 aliphatic rings. The zero-order valence-corrected chi connectivity index (χ0v) is 45.9. The van der Waals surface area contributed by atoms with Crippen molar-refractivity contribution in [1.82, 2.24) is 5.32 Å². The molecular formula is C57H116N2O6P+. The van der Waals surface area contributed by atoms with Crippen LogP contribution in [0.25, 0.3) is 0 Å². The van der Waals surface area contributed by atoms with Gasteiger partial charge in [0.15, 0.2) is 0 Å². The minimum Gasteiger partial charge on any atom is -0.391 e. The molecule has 66 heavy (non-hydrogen) atoms. The number of hydrogen-bond acceptors (Lipinski definition) is 5. The molecule has 394 valence electrons. The van der Waals surface area contributed by atoms with E-state index in [0.717, 1.165) is 38.5 Å². The second-order valence-corrected chi connectivity index (χ2v) is 22.8. The zero-order valence-electron chi connectivity index (χ0n) is 45.0. The molecule has 9 heteroatoms. The fourth-order valence-corrected chi connectivity index (χ4v) is 9.66. The van der Waals surface area contributed by atoms with Crippen molar-refractivity contribution in [3.05, 3.63) is 12.2 Å². The van der Waals surface area contributed by atoms with Crippen molar-refractivity contribution in [3.8, 4) is 0 Å². The van der Waals surface area contributed by atoms with Crippen LogP contribution in [0.2, 0.25) is 0 Å². The Morgan fingerprint density at radius 3 is 1.17 bits per heavy atom. The first-order chi connectivity index (χ1) is 32.0. The van der Waals surface area contributed by atoms with Crippen molar-refractivity contribution < 1.29 is 32.9 Å². The molecule has 0 bridgehead atoms. The van der Waals surface area contributed by atoms with Gasteiger partial charge in [-0.3, -0.25) is 13.8 Å². The smallest absolute Gasteiger partial charge is 0.391 e. The predicted molar refractivity (Wildman–Crippen MR) is 286 cm³/mol. The predicted octanol–water partition coefficient (Wildman–Crippen LogP) is 17.4. The molecule has 3 atom stereocenters. The lowest BCUT2D eigenvalue weighted by molar-refractivity contribution is -0.870. The van der Waals surface area contributed by atoms with E-state index in [2.05, 4.69) is 31.3 Å². The minimum absolute atomic E-state index is 0.0777. The average molecular weight is 957 g/mol. The molecule has 0 fully saturated rings. The van der Waals surface area contributed by atoms with E-state index >= 15 is 0 Å². The van der Waals surface area contributed by atoms with Gasteiger partial charge in [0.05, 0.1) is 39.9 Å². The molecule has 0 spiro atoms. The number of quaternary nitrogens is 1. The highest BCUT2D eigenvalue weighted by atomic mass is 31.2. The number of unbranched alkanes of at least 4 members (excludes halogenated alkanes) is 39. The summed E-state index contributed by atoms with van der Waals surface area (Å²) in [6.07, 6.45) is 60.1. The first-order valence-corrected chi connectivity index (χ1v) is 30.5. The molecule has 8 nitrogen and oxygen atoms in total. The van der Waals surface area contributed by atoms with Crippen molar-refractivity contribution >= 4 is 13.7 Å². The van der Waals surface area contributed by atoms with Crippen LogP contribution in [0, 0.1) is 0 Å². The molecule has 0 aliphatic carbocycles. The van der Waals surface area contributed by atoms with Gasteiger partial charge >= 0.3 is 7.82 Å². The monoisotopic (exact) mass is 956 g/mol. The van der Waals surface area contributed by atoms with Gasteiger partial charge in [0.2, 0.25) is 5.91 Å². The number of aliphatic hydroxyl groups is 1. The molecular weight excluding hydrogens is 840 g/mol. The molecule has 3 N–H and O–H groups in total. The van der Waals surface area contributed by atoms with Crippen LogP contribution in [-0.2, 0) is 18.4 Å². The molecule has 0 radical (unpaired) electrons. The lowest BCUT2D eigenvalue weighted by atomic mass is 10.0. The summed E-state index contributed by atoms with van der Waals surface area (Å²) in [4.78, 5) is 23.2. The van der Waals surface area contributed by atoms with E-state index < -0.39 is 20.0 Å². The number of phosphoric ester groups is 1. The molecule has 0 aromatic carbocycles. The normalized spacial score (nSPS) is 14.0. The third-order valence-electron chi connectivity index (χ3n) is 13.5. The van der Waals surface area contributed by atoms with Gasteiger partial charge in [0.25, 0.3) is 0 Å². The number of amides is 1. The summed E-state index contributed by atoms with van der Waals surface area (Å²) >= 11 is 0. The van der Waals surface area contributed by atoms with Crippen LogP contribution in [0.5, 0.6) is 0 Å². The third-order valence-corrected chi connectivity index (χ3v) is 14.5. The standard InChI is InChI=1S/C57H115N2O6P/c1-6-8-10-12-14-16-18-19-20-21-22-23-24-25-26-27-28-29-30-31-32-33-34-35-36-37-38-39-41-43-45-47-49-51-57(61)58-55(54-65-66(62,63)64-53-52-59(3,4)5)56(60)50-48-46-44-42-40-17-15-13-11-9-7-2/h21-22,55-56,60H,6-20,23-54H2,1-5H3,(H-,58,61,62,63)/p+1/b22-21-. The van der Waals surface area contributed by atoms with E-state index in [0.29, 0.717) is 23.9 Å². The Labute approximate surface area is 412 Å². The van der Waals surface area contributed by atoms with Gasteiger partial charge in [-0.1, -0.05) is 264 Å². The number of hydrogen-bond donors (Lipinski definition) is 3. The second kappa shape index (κ2) is 49.2. The van der Waals surface area contributed by atoms with Gasteiger partial charge in [0.1, 0.15) is 13.2 Å². The van der Waals surface area contributed by atoms with Gasteiger partial charge < -0.3 is 19.8 Å². The summed E-state index contributed by atoms with van der Waals surface area (Å²) in [6, 6.07) is -0.755. The Balaban J connectivity index is 3.90. The Morgan fingerprint density at radius 2 is 0.818 bits per heavy atom. The number of nitrogens with zero attached hydrogens (tertiary/aromatic N) is 1. The summed E-state index contributed by atoms with van der Waals surface area (Å²) in [7, 11) is 1.63. The topological polar surface area (TPSA) is 105 Å². The number of carbonyl (C=O) groups excluding carboxylic acids is 1. The van der Waals surface area contributed by atoms with E-state index in [9.17, 15) is 19.4 Å². The van der Waals surface area contributed by atoms with E-state index in [1.807, 2.05) is 21.1 Å². The molecule has 0 aliphatic heterocycles. The number of nitrogens with one attached hydrogen (secondary N) is 1. The Morgan fingerprint density at radius 1 is 0.500 bits per heavy atom. The van der Waals surface area contributed by atoms with Crippen LogP contribution in [0.3, 0.4) is 0 Å². The number of aliphatic hydroxyl groups excluding tert-OH is 1. The average Bonchev–Trinajstić information content (AvgIpc) is 3.28. The fourth-order valence-electron chi connectivity index (χ4n) is 8.93. The number of allylic oxidation sites excluding steroid dienone is 2. The van der Waals surface area contributed by atoms with E-state index in [1.165, 1.54) is 231 Å². The summed E-state index contributed by atoms with van der Waals surface area (Å²) in [6.45, 7) is 4.91. The van der Waals surface area contributed by atoms with Crippen molar-refractivity contribution in [1.29, 1.82) is 0 Å². The summed E-state index contributed by atoms with van der Waals surface area (Å²) in [5.74, 6) is -0.139. The molecule has 3 unspecified atom stereocenters. The van der Waals surface area contributed by atoms with E-state index in [1.54, 1.807) is 0 Å². The highest BCUT2D eigenvalue weighted by Crippen LogP contribution is 2.43. The quantitative estimate of drug-likeness (QED) is 0.0243. The van der Waals surface area contributed by atoms with Crippen LogP contribution >= 0.6 is 7.82 Å². The van der Waals surface area contributed by atoms with Gasteiger partial charge in [0, 0.05) is 6.42 Å². The SMILES string of the molecule is CCCCCCCCCC/C=C\CCCCCCCCCCCCCCCCCCCCCCCC(=O)NC(COP(=O)(O)OCC[N+](C)(C)C)C(O)CCCCCCCCCCCCC. The zero-order chi connectivity index (χ0) is 48.5. The third kappa shape index (κ3) is 51.1. The maximum atomic E-state index is 13.0. The van der Waals surface area contributed by atoms with Gasteiger partial charge in [-0.15, -0.1) is 0 Å². The molecule has 0 aromatic rings. The molecule has 0 aromatic heterocycles. The summed E-state index contributed by atoms with van der Waals surface area (Å²) < 4.78 is 23.7. The van der Waals surface area contributed by atoms with E-state index in [-0.39, 0.29) is 19.1 Å². The molecule has 0 heterocycles. The van der Waals surface area contributed by atoms with Crippen molar-refractivity contribution in [3.63, 3.8) is 0 Å². The first-order valence-electron chi connectivity index (χ1n) is 29.1. The number of likely N-dealkylation sites (N-methyl/N-ethyl adjacent to an activating group) is 1. The van der Waals surface area contributed by atoms with E-state index in [4.69, 9.17) is 9.05 Å². The van der Waals surface area contributed by atoms with Crippen molar-refractivity contribution in [2.75, 3.05) is 40.9 Å². The highest BCUT2D eigenvalue weighted by molar-refractivity contribution is 7.47.